The highest BCUT2D eigenvalue weighted by Gasteiger charge is 2.18. The number of likely N-dealkylation sites (N-methyl/N-ethyl adjacent to an activating group) is 1. The van der Waals surface area contributed by atoms with Crippen LogP contribution < -0.4 is 21.5 Å². The van der Waals surface area contributed by atoms with Gasteiger partial charge in [-0.3, -0.25) is 10.1 Å². The first kappa shape index (κ1) is 17.8. The Hall–Kier alpha value is -3.00. The molecule has 136 valence electrons. The minimum Gasteiger partial charge on any atom is -0.487 e. The zero-order chi connectivity index (χ0) is 18.7. The van der Waals surface area contributed by atoms with E-state index in [0.717, 1.165) is 29.1 Å². The zero-order valence-corrected chi connectivity index (χ0v) is 15.1. The molecule has 3 rings (SSSR count). The van der Waals surface area contributed by atoms with Crippen LogP contribution in [0, 0.1) is 0 Å². The number of thiophene rings is 1. The number of rotatable bonds is 6. The van der Waals surface area contributed by atoms with Crippen LogP contribution in [-0.2, 0) is 0 Å². The maximum atomic E-state index is 11.7. The number of hydrogen-bond acceptors (Lipinski definition) is 5. The number of hydrogen-bond donors (Lipinski definition) is 3. The van der Waals surface area contributed by atoms with Gasteiger partial charge in [0.15, 0.2) is 0 Å². The Kier molecular flexibility index (Phi) is 5.13. The number of nitrogens with two attached hydrogens (primary N) is 2. The molecule has 2 heterocycles. The van der Waals surface area contributed by atoms with E-state index in [2.05, 4.69) is 16.3 Å². The third-order valence-corrected chi connectivity index (χ3v) is 5.18. The third kappa shape index (κ3) is 3.80. The summed E-state index contributed by atoms with van der Waals surface area (Å²) < 4.78 is 6.01. The summed E-state index contributed by atoms with van der Waals surface area (Å²) in [6.45, 7) is 1.46. The molecule has 0 radical (unpaired) electrons. The Labute approximate surface area is 155 Å². The molecule has 0 spiro atoms. The Morgan fingerprint density at radius 2 is 2.08 bits per heavy atom. The molecule has 26 heavy (non-hydrogen) atoms. The lowest BCUT2D eigenvalue weighted by Crippen LogP contribution is -2.21. The fourth-order valence-corrected chi connectivity index (χ4v) is 3.85. The second-order valence-electron chi connectivity index (χ2n) is 5.90. The van der Waals surface area contributed by atoms with Gasteiger partial charge in [-0.15, -0.1) is 11.3 Å². The average Bonchev–Trinajstić information content (AvgIpc) is 3.19. The van der Waals surface area contributed by atoms with Gasteiger partial charge in [-0.1, -0.05) is 18.2 Å². The quantitative estimate of drug-likeness (QED) is 0.724. The zero-order valence-electron chi connectivity index (χ0n) is 14.3. The van der Waals surface area contributed by atoms with Crippen molar-refractivity contribution in [1.29, 1.82) is 0 Å². The molecule has 8 heteroatoms. The van der Waals surface area contributed by atoms with E-state index >= 15 is 0 Å². The van der Waals surface area contributed by atoms with Crippen molar-refractivity contribution in [3.05, 3.63) is 47.7 Å². The summed E-state index contributed by atoms with van der Waals surface area (Å²) in [5.41, 5.74) is 12.8. The molecular weight excluding hydrogens is 352 g/mol. The van der Waals surface area contributed by atoms with Gasteiger partial charge in [0.25, 0.3) is 5.91 Å². The highest BCUT2D eigenvalue weighted by atomic mass is 32.1. The molecule has 1 aliphatic rings. The predicted octanol–water partition coefficient (Wildman–Crippen LogP) is 2.60. The highest BCUT2D eigenvalue weighted by molar-refractivity contribution is 7.20. The van der Waals surface area contributed by atoms with E-state index in [1.54, 1.807) is 6.07 Å². The van der Waals surface area contributed by atoms with Gasteiger partial charge in [0.05, 0.1) is 5.56 Å². The van der Waals surface area contributed by atoms with Gasteiger partial charge >= 0.3 is 6.03 Å². The Bertz CT molecular complexity index is 875. The molecule has 1 aromatic carbocycles. The Balaban J connectivity index is 1.89. The van der Waals surface area contributed by atoms with Crippen molar-refractivity contribution < 1.29 is 14.3 Å². The first-order valence-electron chi connectivity index (χ1n) is 8.08. The van der Waals surface area contributed by atoms with Crippen molar-refractivity contribution in [3.63, 3.8) is 0 Å². The summed E-state index contributed by atoms with van der Waals surface area (Å²) in [7, 11) is 2.04. The molecule has 1 aromatic heterocycles. The summed E-state index contributed by atoms with van der Waals surface area (Å²) in [4.78, 5) is 25.7. The van der Waals surface area contributed by atoms with Gasteiger partial charge in [-0.2, -0.15) is 0 Å². The lowest BCUT2D eigenvalue weighted by atomic mass is 10.1. The summed E-state index contributed by atoms with van der Waals surface area (Å²) in [6.07, 6.45) is 3.18. The van der Waals surface area contributed by atoms with Crippen LogP contribution in [0.3, 0.4) is 0 Å². The maximum Gasteiger partial charge on any atom is 0.317 e. The Morgan fingerprint density at radius 3 is 2.73 bits per heavy atom. The van der Waals surface area contributed by atoms with Gasteiger partial charge in [0, 0.05) is 29.7 Å². The van der Waals surface area contributed by atoms with E-state index < -0.39 is 11.9 Å². The molecule has 0 fully saturated rings. The van der Waals surface area contributed by atoms with Crippen LogP contribution in [0.2, 0.25) is 0 Å². The second kappa shape index (κ2) is 7.49. The molecule has 0 unspecified atom stereocenters. The number of benzene rings is 1. The molecular formula is C18H20N4O3S. The summed E-state index contributed by atoms with van der Waals surface area (Å²) in [5.74, 6) is 0.0592. The van der Waals surface area contributed by atoms with Gasteiger partial charge in [0.1, 0.15) is 17.4 Å². The molecule has 5 N–H and O–H groups in total. The number of para-hydroxylation sites is 1. The summed E-state index contributed by atoms with van der Waals surface area (Å²) in [5, 5.41) is 2.77. The highest BCUT2D eigenvalue weighted by Crippen LogP contribution is 2.39. The van der Waals surface area contributed by atoms with E-state index in [9.17, 15) is 9.59 Å². The number of carbonyl (C=O) groups excluding carboxylic acids is 2. The van der Waals surface area contributed by atoms with Crippen molar-refractivity contribution in [2.45, 2.75) is 6.42 Å². The van der Waals surface area contributed by atoms with Crippen molar-refractivity contribution >= 4 is 28.3 Å². The van der Waals surface area contributed by atoms with Crippen molar-refractivity contribution in [2.75, 3.05) is 25.5 Å². The van der Waals surface area contributed by atoms with Crippen LogP contribution in [0.25, 0.3) is 10.4 Å². The molecule has 1 aliphatic heterocycles. The van der Waals surface area contributed by atoms with Crippen LogP contribution in [0.1, 0.15) is 16.8 Å². The SMILES string of the molecule is CN1CCC=C1COc1ccccc1-c1cc(C(N)=O)c(NC(N)=O)s1. The van der Waals surface area contributed by atoms with Gasteiger partial charge < -0.3 is 21.1 Å². The van der Waals surface area contributed by atoms with Crippen molar-refractivity contribution in [1.82, 2.24) is 4.90 Å². The lowest BCUT2D eigenvalue weighted by molar-refractivity contribution is 0.100. The van der Waals surface area contributed by atoms with Crippen LogP contribution in [-0.4, -0.2) is 37.0 Å². The average molecular weight is 372 g/mol. The number of urea groups is 1. The lowest BCUT2D eigenvalue weighted by Gasteiger charge is -2.17. The molecule has 7 nitrogen and oxygen atoms in total. The second-order valence-corrected chi connectivity index (χ2v) is 6.95. The number of amides is 3. The minimum atomic E-state index is -0.748. The molecule has 0 aliphatic carbocycles. The topological polar surface area (TPSA) is 111 Å². The van der Waals surface area contributed by atoms with E-state index in [-0.39, 0.29) is 5.56 Å². The molecule has 0 bridgehead atoms. The van der Waals surface area contributed by atoms with Crippen molar-refractivity contribution in [2.24, 2.45) is 11.5 Å². The normalized spacial score (nSPS) is 13.4. The van der Waals surface area contributed by atoms with Crippen LogP contribution >= 0.6 is 11.3 Å². The van der Waals surface area contributed by atoms with E-state index in [1.807, 2.05) is 31.3 Å². The summed E-state index contributed by atoms with van der Waals surface area (Å²) in [6, 6.07) is 8.43. The van der Waals surface area contributed by atoms with Gasteiger partial charge in [-0.25, -0.2) is 4.79 Å². The molecule has 0 atom stereocenters. The van der Waals surface area contributed by atoms with Crippen LogP contribution in [0.5, 0.6) is 5.75 Å². The minimum absolute atomic E-state index is 0.219. The third-order valence-electron chi connectivity index (χ3n) is 4.10. The number of nitrogens with zero attached hydrogens (tertiary/aromatic N) is 1. The predicted molar refractivity (Wildman–Crippen MR) is 102 cm³/mol. The molecule has 0 saturated carbocycles. The van der Waals surface area contributed by atoms with Crippen molar-refractivity contribution in [3.8, 4) is 16.2 Å². The monoisotopic (exact) mass is 372 g/mol. The number of anilines is 1. The molecule has 3 amide bonds. The van der Waals surface area contributed by atoms with E-state index in [0.29, 0.717) is 17.4 Å². The standard InChI is InChI=1S/C18H20N4O3S/c1-22-8-4-5-11(22)10-25-14-7-3-2-6-12(14)15-9-13(16(19)23)17(26-15)21-18(20)24/h2-3,5-7,9H,4,8,10H2,1H3,(H2,19,23)(H3,20,21,24). The first-order chi connectivity index (χ1) is 12.5. The summed E-state index contributed by atoms with van der Waals surface area (Å²) >= 11 is 1.22. The van der Waals surface area contributed by atoms with E-state index in [1.165, 1.54) is 11.3 Å². The van der Waals surface area contributed by atoms with Crippen LogP contribution in [0.4, 0.5) is 9.80 Å². The number of ether oxygens (including phenoxy) is 1. The smallest absolute Gasteiger partial charge is 0.317 e. The van der Waals surface area contributed by atoms with Gasteiger partial charge in [-0.05, 0) is 24.6 Å². The Morgan fingerprint density at radius 1 is 1.31 bits per heavy atom. The van der Waals surface area contributed by atoms with E-state index in [4.69, 9.17) is 16.2 Å². The number of primary amides is 2. The van der Waals surface area contributed by atoms with Crippen LogP contribution in [0.15, 0.2) is 42.1 Å². The number of carbonyl (C=O) groups is 2. The fourth-order valence-electron chi connectivity index (χ4n) is 2.75. The molecule has 0 saturated heterocycles. The van der Waals surface area contributed by atoms with Gasteiger partial charge in [0.2, 0.25) is 0 Å². The molecule has 2 aromatic rings. The first-order valence-corrected chi connectivity index (χ1v) is 8.90. The largest absolute Gasteiger partial charge is 0.487 e. The fraction of sp³-hybridized carbons (Fsp3) is 0.222. The number of nitrogens with one attached hydrogen (secondary N) is 1. The maximum absolute atomic E-state index is 11.7.